The molecule has 2 aromatic heterocycles. The van der Waals surface area contributed by atoms with Gasteiger partial charge in [-0.25, -0.2) is 9.97 Å². The monoisotopic (exact) mass is 478 g/mol. The summed E-state index contributed by atoms with van der Waals surface area (Å²) in [5.74, 6) is 1.61. The van der Waals surface area contributed by atoms with Crippen molar-refractivity contribution in [3.05, 3.63) is 102 Å². The van der Waals surface area contributed by atoms with Gasteiger partial charge in [0.1, 0.15) is 12.4 Å². The number of rotatable bonds is 7. The summed E-state index contributed by atoms with van der Waals surface area (Å²) in [6.45, 7) is 6.78. The normalized spacial score (nSPS) is 13.5. The van der Waals surface area contributed by atoms with Crippen LogP contribution in [0.15, 0.2) is 79.1 Å². The Bertz CT molecular complexity index is 1240. The van der Waals surface area contributed by atoms with Gasteiger partial charge in [-0.1, -0.05) is 57.2 Å². The van der Waals surface area contributed by atoms with Gasteiger partial charge in [0.05, 0.1) is 5.69 Å². The van der Waals surface area contributed by atoms with Crippen LogP contribution >= 0.6 is 0 Å². The highest BCUT2D eigenvalue weighted by Crippen LogP contribution is 2.40. The van der Waals surface area contributed by atoms with Crippen molar-refractivity contribution in [3.63, 3.8) is 0 Å². The molecule has 35 heavy (non-hydrogen) atoms. The molecule has 2 aromatic carbocycles. The molecule has 0 bridgehead atoms. The Morgan fingerprint density at radius 1 is 0.800 bits per heavy atom. The van der Waals surface area contributed by atoms with Crippen LogP contribution in [0.2, 0.25) is 0 Å². The van der Waals surface area contributed by atoms with Crippen molar-refractivity contribution in [2.24, 2.45) is 5.92 Å². The number of ether oxygens (including phenoxy) is 1. The summed E-state index contributed by atoms with van der Waals surface area (Å²) >= 11 is 0. The van der Waals surface area contributed by atoms with E-state index in [1.807, 2.05) is 36.4 Å². The van der Waals surface area contributed by atoms with Crippen molar-refractivity contribution >= 4 is 0 Å². The molecule has 1 atom stereocenters. The minimum absolute atomic E-state index is 0.267. The van der Waals surface area contributed by atoms with Crippen LogP contribution in [-0.4, -0.2) is 20.2 Å². The van der Waals surface area contributed by atoms with Gasteiger partial charge in [-0.15, -0.1) is 10.2 Å². The molecule has 0 amide bonds. The predicted octanol–water partition coefficient (Wildman–Crippen LogP) is 6.49. The maximum absolute atomic E-state index is 12.8. The first kappa shape index (κ1) is 24.3. The van der Waals surface area contributed by atoms with Crippen LogP contribution < -0.4 is 4.74 Å². The highest BCUT2D eigenvalue weighted by Gasteiger charge is 2.34. The van der Waals surface area contributed by atoms with Gasteiger partial charge in [0, 0.05) is 23.4 Å². The summed E-state index contributed by atoms with van der Waals surface area (Å²) in [5, 5.41) is 7.08. The molecule has 8 heteroatoms. The van der Waals surface area contributed by atoms with Crippen LogP contribution in [-0.2, 0) is 18.2 Å². The molecule has 0 aliphatic carbocycles. The van der Waals surface area contributed by atoms with E-state index >= 15 is 0 Å². The van der Waals surface area contributed by atoms with Crippen molar-refractivity contribution in [1.82, 2.24) is 20.2 Å². The molecule has 0 spiro atoms. The molecule has 1 unspecified atom stereocenters. The largest absolute Gasteiger partial charge is 0.486 e. The van der Waals surface area contributed by atoms with Gasteiger partial charge >= 0.3 is 6.18 Å². The molecule has 5 nitrogen and oxygen atoms in total. The van der Waals surface area contributed by atoms with Gasteiger partial charge in [0.25, 0.3) is 0 Å². The predicted molar refractivity (Wildman–Crippen MR) is 127 cm³/mol. The average Bonchev–Trinajstić information content (AvgIpc) is 2.87. The zero-order chi connectivity index (χ0) is 25.1. The Morgan fingerprint density at radius 3 is 1.91 bits per heavy atom. The third-order valence-electron chi connectivity index (χ3n) is 6.33. The summed E-state index contributed by atoms with van der Waals surface area (Å²) in [6, 6.07) is 19.7. The van der Waals surface area contributed by atoms with Gasteiger partial charge in [-0.3, -0.25) is 0 Å². The van der Waals surface area contributed by atoms with E-state index in [9.17, 15) is 13.2 Å². The number of nitrogens with zero attached hydrogens (tertiary/aromatic N) is 4. The van der Waals surface area contributed by atoms with Gasteiger partial charge in [0.15, 0.2) is 11.5 Å². The maximum Gasteiger partial charge on any atom is 0.435 e. The third kappa shape index (κ3) is 5.31. The van der Waals surface area contributed by atoms with E-state index in [1.54, 1.807) is 18.5 Å². The molecule has 0 fully saturated rings. The second-order valence-corrected chi connectivity index (χ2v) is 8.71. The Kier molecular flexibility index (Phi) is 6.82. The molecule has 0 N–H and O–H groups in total. The van der Waals surface area contributed by atoms with E-state index in [4.69, 9.17) is 4.74 Å². The van der Waals surface area contributed by atoms with E-state index in [1.165, 1.54) is 6.07 Å². The molecule has 4 aromatic rings. The summed E-state index contributed by atoms with van der Waals surface area (Å²) in [7, 11) is 0. The quantitative estimate of drug-likeness (QED) is 0.304. The second kappa shape index (κ2) is 9.82. The first-order chi connectivity index (χ1) is 16.7. The number of hydrogen-bond donors (Lipinski definition) is 0. The molecule has 180 valence electrons. The average molecular weight is 479 g/mol. The van der Waals surface area contributed by atoms with Crippen molar-refractivity contribution in [3.8, 4) is 17.0 Å². The van der Waals surface area contributed by atoms with Crippen LogP contribution in [0.1, 0.15) is 43.4 Å². The Labute approximate surface area is 202 Å². The Morgan fingerprint density at radius 2 is 1.40 bits per heavy atom. The molecular formula is C27H25F3N4O. The van der Waals surface area contributed by atoms with Gasteiger partial charge in [-0.05, 0) is 47.4 Å². The molecule has 4 rings (SSSR count). The molecule has 0 aliphatic rings. The van der Waals surface area contributed by atoms with Crippen LogP contribution in [0.25, 0.3) is 11.3 Å². The van der Waals surface area contributed by atoms with Gasteiger partial charge in [0.2, 0.25) is 0 Å². The maximum atomic E-state index is 12.8. The topological polar surface area (TPSA) is 60.8 Å². The van der Waals surface area contributed by atoms with Crippen LogP contribution in [0, 0.1) is 5.92 Å². The second-order valence-electron chi connectivity index (χ2n) is 8.71. The van der Waals surface area contributed by atoms with E-state index in [-0.39, 0.29) is 17.9 Å². The van der Waals surface area contributed by atoms with E-state index in [0.717, 1.165) is 22.9 Å². The smallest absolute Gasteiger partial charge is 0.435 e. The van der Waals surface area contributed by atoms with Crippen molar-refractivity contribution < 1.29 is 17.9 Å². The van der Waals surface area contributed by atoms with Crippen molar-refractivity contribution in [1.29, 1.82) is 0 Å². The van der Waals surface area contributed by atoms with E-state index in [0.29, 0.717) is 17.1 Å². The lowest BCUT2D eigenvalue weighted by Gasteiger charge is -2.35. The molecule has 2 heterocycles. The first-order valence-corrected chi connectivity index (χ1v) is 11.2. The van der Waals surface area contributed by atoms with Crippen LogP contribution in [0.5, 0.6) is 5.75 Å². The standard InChI is InChI=1S/C27H25F3N4O/c1-18(2)26(3,21-9-11-22(12-10-21)35-17-25-31-15-4-16-32-25)20-7-5-19(6-8-20)23-13-14-24(34-33-23)27(28,29)30/h4-16,18H,17H2,1-3H3. The number of hydrogen-bond acceptors (Lipinski definition) is 5. The molecule has 0 saturated carbocycles. The fourth-order valence-corrected chi connectivity index (χ4v) is 3.91. The zero-order valence-electron chi connectivity index (χ0n) is 19.6. The Balaban J connectivity index is 1.54. The summed E-state index contributed by atoms with van der Waals surface area (Å²) < 4.78 is 44.1. The number of alkyl halides is 3. The number of halogens is 3. The van der Waals surface area contributed by atoms with Gasteiger partial charge < -0.3 is 4.74 Å². The first-order valence-electron chi connectivity index (χ1n) is 11.2. The van der Waals surface area contributed by atoms with Crippen molar-refractivity contribution in [2.75, 3.05) is 0 Å². The fourth-order valence-electron chi connectivity index (χ4n) is 3.91. The van der Waals surface area contributed by atoms with E-state index in [2.05, 4.69) is 53.1 Å². The minimum Gasteiger partial charge on any atom is -0.486 e. The lowest BCUT2D eigenvalue weighted by Crippen LogP contribution is -2.30. The number of aromatic nitrogens is 4. The lowest BCUT2D eigenvalue weighted by atomic mass is 9.68. The molecule has 0 radical (unpaired) electrons. The third-order valence-corrected chi connectivity index (χ3v) is 6.33. The Hall–Kier alpha value is -3.81. The SMILES string of the molecule is CC(C)C(C)(c1ccc(OCc2ncccn2)cc1)c1ccc(-c2ccc(C(F)(F)F)nn2)cc1. The summed E-state index contributed by atoms with van der Waals surface area (Å²) in [6.07, 6.45) is -1.15. The van der Waals surface area contributed by atoms with Crippen LogP contribution in [0.4, 0.5) is 13.2 Å². The van der Waals surface area contributed by atoms with Crippen LogP contribution in [0.3, 0.4) is 0 Å². The highest BCUT2D eigenvalue weighted by atomic mass is 19.4. The summed E-state index contributed by atoms with van der Waals surface area (Å²) in [5.41, 5.74) is 1.99. The highest BCUT2D eigenvalue weighted by molar-refractivity contribution is 5.60. The number of benzene rings is 2. The fraction of sp³-hybridized carbons (Fsp3) is 0.259. The lowest BCUT2D eigenvalue weighted by molar-refractivity contribution is -0.141. The molecule has 0 aliphatic heterocycles. The minimum atomic E-state index is -4.51. The molecule has 0 saturated heterocycles. The van der Waals surface area contributed by atoms with Crippen molar-refractivity contribution in [2.45, 2.75) is 39.0 Å². The van der Waals surface area contributed by atoms with Gasteiger partial charge in [-0.2, -0.15) is 13.2 Å². The summed E-state index contributed by atoms with van der Waals surface area (Å²) in [4.78, 5) is 8.33. The zero-order valence-corrected chi connectivity index (χ0v) is 19.6. The van der Waals surface area contributed by atoms with E-state index < -0.39 is 11.9 Å². The molecular weight excluding hydrogens is 453 g/mol.